The summed E-state index contributed by atoms with van der Waals surface area (Å²) < 4.78 is 17.6. The van der Waals surface area contributed by atoms with Crippen molar-refractivity contribution in [2.75, 3.05) is 37.4 Å². The summed E-state index contributed by atoms with van der Waals surface area (Å²) >= 11 is 0. The standard InChI is InChI=1S/C33H40N6O6/c1-20-31(21(2)45-37-20)36-33(42)35-23-9-12-28-26(15-23)32(41)38(3)27-11-10-25(44-29(27)19-43-28)16-30(40)34-24-13-14-39(18-24)17-22-7-5-4-6-8-22/h4-9,12,15,24-25,27,29H,10-11,13-14,16-19H2,1-3H3,(H,34,40)(H2,35,36,42)/t24-,25-,27-,29-/m0/s1. The third kappa shape index (κ3) is 7.12. The molecule has 2 saturated heterocycles. The molecule has 2 fully saturated rings. The van der Waals surface area contributed by atoms with Gasteiger partial charge < -0.3 is 34.8 Å². The van der Waals surface area contributed by atoms with E-state index in [1.165, 1.54) is 5.56 Å². The quantitative estimate of drug-likeness (QED) is 0.361. The number of likely N-dealkylation sites (N-methyl/N-ethyl adjacent to an activating group) is 1. The maximum Gasteiger partial charge on any atom is 0.323 e. The van der Waals surface area contributed by atoms with E-state index in [4.69, 9.17) is 14.0 Å². The molecule has 1 aromatic heterocycles. The molecule has 3 N–H and O–H groups in total. The van der Waals surface area contributed by atoms with Crippen LogP contribution in [0.4, 0.5) is 16.2 Å². The molecule has 45 heavy (non-hydrogen) atoms. The number of ether oxygens (including phenoxy) is 2. The van der Waals surface area contributed by atoms with Crippen LogP contribution in [0.5, 0.6) is 5.75 Å². The third-order valence-corrected chi connectivity index (χ3v) is 8.84. The summed E-state index contributed by atoms with van der Waals surface area (Å²) in [7, 11) is 1.76. The Labute approximate surface area is 262 Å². The summed E-state index contributed by atoms with van der Waals surface area (Å²) in [6.45, 7) is 6.36. The molecule has 238 valence electrons. The van der Waals surface area contributed by atoms with Gasteiger partial charge in [-0.15, -0.1) is 0 Å². The molecule has 3 aromatic rings. The van der Waals surface area contributed by atoms with Crippen LogP contribution < -0.4 is 20.7 Å². The van der Waals surface area contributed by atoms with Crippen LogP contribution in [0.1, 0.15) is 53.1 Å². The van der Waals surface area contributed by atoms with Crippen LogP contribution in [-0.2, 0) is 16.1 Å². The lowest BCUT2D eigenvalue weighted by molar-refractivity contribution is -0.134. The molecule has 0 saturated carbocycles. The summed E-state index contributed by atoms with van der Waals surface area (Å²) in [5.74, 6) is 0.671. The molecule has 4 amide bonds. The fourth-order valence-electron chi connectivity index (χ4n) is 6.47. The van der Waals surface area contributed by atoms with E-state index in [2.05, 4.69) is 38.1 Å². The molecule has 12 nitrogen and oxygen atoms in total. The highest BCUT2D eigenvalue weighted by molar-refractivity contribution is 6.03. The average molecular weight is 617 g/mol. The molecule has 0 bridgehead atoms. The molecule has 6 rings (SSSR count). The molecular weight excluding hydrogens is 576 g/mol. The van der Waals surface area contributed by atoms with E-state index in [1.807, 2.05) is 18.2 Å². The van der Waals surface area contributed by atoms with Gasteiger partial charge in [0.05, 0.1) is 24.1 Å². The molecule has 0 spiro atoms. The first-order valence-corrected chi connectivity index (χ1v) is 15.5. The van der Waals surface area contributed by atoms with Gasteiger partial charge in [-0.2, -0.15) is 0 Å². The number of nitrogens with zero attached hydrogens (tertiary/aromatic N) is 3. The van der Waals surface area contributed by atoms with Crippen LogP contribution in [0.2, 0.25) is 0 Å². The van der Waals surface area contributed by atoms with Gasteiger partial charge in [0.1, 0.15) is 29.8 Å². The van der Waals surface area contributed by atoms with Gasteiger partial charge >= 0.3 is 6.03 Å². The molecule has 12 heteroatoms. The Morgan fingerprint density at radius 1 is 1.04 bits per heavy atom. The Morgan fingerprint density at radius 3 is 2.64 bits per heavy atom. The highest BCUT2D eigenvalue weighted by Crippen LogP contribution is 2.33. The van der Waals surface area contributed by atoms with Gasteiger partial charge in [-0.25, -0.2) is 4.79 Å². The van der Waals surface area contributed by atoms with Crippen molar-refractivity contribution in [3.8, 4) is 5.75 Å². The number of aryl methyl sites for hydroxylation is 2. The highest BCUT2D eigenvalue weighted by atomic mass is 16.5. The maximum atomic E-state index is 13.6. The Hall–Kier alpha value is -4.42. The zero-order valence-corrected chi connectivity index (χ0v) is 25.9. The summed E-state index contributed by atoms with van der Waals surface area (Å²) in [4.78, 5) is 43.3. The van der Waals surface area contributed by atoms with Gasteiger partial charge in [0, 0.05) is 38.4 Å². The van der Waals surface area contributed by atoms with Crippen LogP contribution in [-0.4, -0.2) is 83.8 Å². The van der Waals surface area contributed by atoms with Crippen molar-refractivity contribution in [3.05, 3.63) is 71.1 Å². The van der Waals surface area contributed by atoms with Crippen molar-refractivity contribution < 1.29 is 28.4 Å². The first-order chi connectivity index (χ1) is 21.7. The summed E-state index contributed by atoms with van der Waals surface area (Å²) in [6.07, 6.45) is 1.94. The number of amides is 4. The predicted octanol–water partition coefficient (Wildman–Crippen LogP) is 4.10. The van der Waals surface area contributed by atoms with Gasteiger partial charge in [-0.3, -0.25) is 14.5 Å². The van der Waals surface area contributed by atoms with E-state index >= 15 is 0 Å². The second kappa shape index (κ2) is 13.3. The van der Waals surface area contributed by atoms with Gasteiger partial charge in [0.2, 0.25) is 5.91 Å². The average Bonchev–Trinajstić information content (AvgIpc) is 3.60. The molecule has 3 aliphatic heterocycles. The Balaban J connectivity index is 1.02. The lowest BCUT2D eigenvalue weighted by atomic mass is 9.94. The fraction of sp³-hybridized carbons (Fsp3) is 0.455. The number of aromatic nitrogens is 1. The number of carbonyl (C=O) groups excluding carboxylic acids is 3. The van der Waals surface area contributed by atoms with Crippen LogP contribution in [0.15, 0.2) is 53.1 Å². The number of rotatable bonds is 7. The zero-order valence-electron chi connectivity index (χ0n) is 25.9. The predicted molar refractivity (Wildman–Crippen MR) is 167 cm³/mol. The van der Waals surface area contributed by atoms with Crippen molar-refractivity contribution in [3.63, 3.8) is 0 Å². The van der Waals surface area contributed by atoms with Crippen LogP contribution >= 0.6 is 0 Å². The first-order valence-electron chi connectivity index (χ1n) is 15.5. The molecular formula is C33H40N6O6. The molecule has 0 aliphatic carbocycles. The first kappa shape index (κ1) is 30.6. The zero-order chi connectivity index (χ0) is 31.5. The van der Waals surface area contributed by atoms with E-state index < -0.39 is 6.03 Å². The Morgan fingerprint density at radius 2 is 1.87 bits per heavy atom. The molecule has 0 unspecified atom stereocenters. The monoisotopic (exact) mass is 616 g/mol. The number of carbonyl (C=O) groups is 3. The van der Waals surface area contributed by atoms with Crippen LogP contribution in [0, 0.1) is 13.8 Å². The van der Waals surface area contributed by atoms with Crippen LogP contribution in [0.3, 0.4) is 0 Å². The number of nitrogens with one attached hydrogen (secondary N) is 3. The Bertz CT molecular complexity index is 1520. The number of likely N-dealkylation sites (tertiary alicyclic amines) is 1. The van der Waals surface area contributed by atoms with Gasteiger partial charge in [-0.05, 0) is 56.9 Å². The number of urea groups is 1. The summed E-state index contributed by atoms with van der Waals surface area (Å²) in [5, 5.41) is 12.5. The second-order valence-electron chi connectivity index (χ2n) is 12.1. The summed E-state index contributed by atoms with van der Waals surface area (Å²) in [6, 6.07) is 14.8. The number of hydrogen-bond acceptors (Lipinski definition) is 8. The maximum absolute atomic E-state index is 13.6. The lowest BCUT2D eigenvalue weighted by Crippen LogP contribution is -2.54. The molecule has 4 atom stereocenters. The van der Waals surface area contributed by atoms with E-state index in [-0.39, 0.29) is 49.1 Å². The van der Waals surface area contributed by atoms with E-state index in [9.17, 15) is 14.4 Å². The van der Waals surface area contributed by atoms with Gasteiger partial charge in [0.25, 0.3) is 5.91 Å². The number of fused-ring (bicyclic) bond motifs is 2. The van der Waals surface area contributed by atoms with E-state index in [0.717, 1.165) is 26.1 Å². The van der Waals surface area contributed by atoms with Crippen molar-refractivity contribution >= 4 is 29.2 Å². The molecule has 2 aromatic carbocycles. The minimum absolute atomic E-state index is 0.00929. The van der Waals surface area contributed by atoms with Crippen LogP contribution in [0.25, 0.3) is 0 Å². The molecule has 0 radical (unpaired) electrons. The van der Waals surface area contributed by atoms with E-state index in [1.54, 1.807) is 44.0 Å². The number of hydrogen-bond donors (Lipinski definition) is 3. The smallest absolute Gasteiger partial charge is 0.323 e. The second-order valence-corrected chi connectivity index (χ2v) is 12.1. The normalized spacial score (nSPS) is 23.3. The third-order valence-electron chi connectivity index (χ3n) is 8.84. The van der Waals surface area contributed by atoms with Crippen molar-refractivity contribution in [1.82, 2.24) is 20.3 Å². The van der Waals surface area contributed by atoms with E-state index in [0.29, 0.717) is 47.0 Å². The lowest BCUT2D eigenvalue weighted by Gasteiger charge is -2.42. The SMILES string of the molecule is Cc1noc(C)c1NC(=O)Nc1ccc2c(c1)C(=O)N(C)[C@H]1CC[C@@H](CC(=O)N[C@H]3CCN(Cc4ccccc4)C3)O[C@H]1CO2. The Kier molecular flexibility index (Phi) is 9.04. The van der Waals surface area contributed by atoms with Gasteiger partial charge in [0.15, 0.2) is 5.76 Å². The van der Waals surface area contributed by atoms with Crippen molar-refractivity contribution in [2.45, 2.75) is 70.4 Å². The number of benzene rings is 2. The number of anilines is 2. The summed E-state index contributed by atoms with van der Waals surface area (Å²) in [5.41, 5.74) is 3.14. The molecule has 4 heterocycles. The minimum Gasteiger partial charge on any atom is -0.490 e. The molecule has 3 aliphatic rings. The minimum atomic E-state index is -0.481. The largest absolute Gasteiger partial charge is 0.490 e. The van der Waals surface area contributed by atoms with Crippen molar-refractivity contribution in [2.24, 2.45) is 0 Å². The fourth-order valence-corrected chi connectivity index (χ4v) is 6.47. The van der Waals surface area contributed by atoms with Gasteiger partial charge in [-0.1, -0.05) is 35.5 Å². The topological polar surface area (TPSA) is 138 Å². The van der Waals surface area contributed by atoms with Crippen molar-refractivity contribution in [1.29, 1.82) is 0 Å². The highest BCUT2D eigenvalue weighted by Gasteiger charge is 2.39.